The number of allylic oxidation sites excluding steroid dienone is 3. The molecule has 5 nitrogen and oxygen atoms in total. The number of hydrogen-bond acceptors (Lipinski definition) is 5. The topological polar surface area (TPSA) is 72.8 Å². The van der Waals surface area contributed by atoms with E-state index >= 15 is 0 Å². The van der Waals surface area contributed by atoms with Crippen LogP contribution in [0.15, 0.2) is 35.5 Å². The van der Waals surface area contributed by atoms with Gasteiger partial charge in [-0.3, -0.25) is 9.59 Å². The Hall–Kier alpha value is -1.88. The number of rotatable bonds is 8. The van der Waals surface area contributed by atoms with Gasteiger partial charge in [0.1, 0.15) is 12.2 Å². The van der Waals surface area contributed by atoms with Crippen molar-refractivity contribution in [3.05, 3.63) is 35.5 Å². The minimum atomic E-state index is -0.571. The highest BCUT2D eigenvalue weighted by Crippen LogP contribution is 2.70. The lowest BCUT2D eigenvalue weighted by Gasteiger charge is -2.45. The number of hydrogen-bond donors (Lipinski definition) is 1. The molecular weight excluding hydrogens is 464 g/mol. The van der Waals surface area contributed by atoms with Crippen molar-refractivity contribution in [1.29, 1.82) is 0 Å². The molecule has 4 rings (SSSR count). The number of fused-ring (bicyclic) bond motifs is 1. The van der Waals surface area contributed by atoms with Crippen molar-refractivity contribution in [3.63, 3.8) is 0 Å². The monoisotopic (exact) mass is 512 g/mol. The van der Waals surface area contributed by atoms with Crippen molar-refractivity contribution in [2.75, 3.05) is 0 Å². The zero-order chi connectivity index (χ0) is 27.0. The van der Waals surface area contributed by atoms with E-state index in [-0.39, 0.29) is 18.0 Å². The van der Waals surface area contributed by atoms with E-state index in [1.165, 1.54) is 58.8 Å². The van der Waals surface area contributed by atoms with E-state index in [1.807, 2.05) is 13.8 Å². The van der Waals surface area contributed by atoms with Crippen molar-refractivity contribution in [3.8, 4) is 0 Å². The van der Waals surface area contributed by atoms with Crippen LogP contribution in [0.2, 0.25) is 0 Å². The Labute approximate surface area is 223 Å². The molecule has 0 aliphatic heterocycles. The number of carbonyl (C=O) groups excluding carboxylic acids is 2. The van der Waals surface area contributed by atoms with E-state index in [1.54, 1.807) is 5.57 Å². The molecule has 37 heavy (non-hydrogen) atoms. The predicted molar refractivity (Wildman–Crippen MR) is 146 cm³/mol. The summed E-state index contributed by atoms with van der Waals surface area (Å²) in [6, 6.07) is 0. The summed E-state index contributed by atoms with van der Waals surface area (Å²) in [4.78, 5) is 23.3. The molecule has 0 saturated heterocycles. The summed E-state index contributed by atoms with van der Waals surface area (Å²) >= 11 is 0. The molecule has 0 radical (unpaired) electrons. The molecule has 0 aromatic heterocycles. The second-order valence-electron chi connectivity index (χ2n) is 13.3. The highest BCUT2D eigenvalue weighted by atomic mass is 16.6. The fourth-order valence-corrected chi connectivity index (χ4v) is 8.13. The van der Waals surface area contributed by atoms with Crippen molar-refractivity contribution in [1.82, 2.24) is 0 Å². The van der Waals surface area contributed by atoms with Gasteiger partial charge >= 0.3 is 11.9 Å². The van der Waals surface area contributed by atoms with Gasteiger partial charge < -0.3 is 14.6 Å². The molecule has 0 spiro atoms. The smallest absolute Gasteiger partial charge is 0.303 e. The molecule has 4 fully saturated rings. The van der Waals surface area contributed by atoms with Gasteiger partial charge in [-0.05, 0) is 105 Å². The van der Waals surface area contributed by atoms with Gasteiger partial charge in [0.2, 0.25) is 0 Å². The van der Waals surface area contributed by atoms with Gasteiger partial charge in [0.05, 0.1) is 5.60 Å². The second kappa shape index (κ2) is 10.7. The number of carbonyl (C=O) groups is 2. The SMILES string of the molecule is C=C1/C(=C\C=C2/CCC[C@@]3(C)C2CCC3C2(CCCC(C)(C)O)CC2)C[C@@H](OC(C)=O)C[C@@H]1OC(C)=O. The van der Waals surface area contributed by atoms with Crippen molar-refractivity contribution < 1.29 is 24.2 Å². The van der Waals surface area contributed by atoms with Crippen LogP contribution < -0.4 is 0 Å². The van der Waals surface area contributed by atoms with E-state index in [4.69, 9.17) is 9.47 Å². The maximum absolute atomic E-state index is 11.7. The quantitative estimate of drug-likeness (QED) is 0.355. The predicted octanol–water partition coefficient (Wildman–Crippen LogP) is 6.99. The zero-order valence-electron chi connectivity index (χ0n) is 23.7. The van der Waals surface area contributed by atoms with Gasteiger partial charge in [-0.2, -0.15) is 0 Å². The van der Waals surface area contributed by atoms with Gasteiger partial charge in [-0.15, -0.1) is 0 Å². The molecular formula is C32H48O5. The van der Waals surface area contributed by atoms with E-state index < -0.39 is 11.7 Å². The Kier molecular flexibility index (Phi) is 8.14. The van der Waals surface area contributed by atoms with Crippen molar-refractivity contribution in [2.45, 2.75) is 129 Å². The molecule has 4 aliphatic rings. The van der Waals surface area contributed by atoms with Crippen LogP contribution >= 0.6 is 0 Å². The highest BCUT2D eigenvalue weighted by molar-refractivity contribution is 5.67. The molecule has 0 aromatic rings. The van der Waals surface area contributed by atoms with E-state index in [0.717, 1.165) is 36.3 Å². The van der Waals surface area contributed by atoms with Gasteiger partial charge in [-0.25, -0.2) is 0 Å². The molecule has 0 heterocycles. The third-order valence-corrected chi connectivity index (χ3v) is 9.92. The summed E-state index contributed by atoms with van der Waals surface area (Å²) in [6.07, 6.45) is 17.0. The van der Waals surface area contributed by atoms with Crippen LogP contribution in [0.4, 0.5) is 0 Å². The molecule has 5 atom stereocenters. The number of aliphatic hydroxyl groups is 1. The first-order chi connectivity index (χ1) is 17.3. The van der Waals surface area contributed by atoms with Gasteiger partial charge in [0.25, 0.3) is 0 Å². The largest absolute Gasteiger partial charge is 0.462 e. The summed E-state index contributed by atoms with van der Waals surface area (Å²) in [7, 11) is 0. The summed E-state index contributed by atoms with van der Waals surface area (Å²) in [5.74, 6) is 0.729. The standard InChI is InChI=1S/C32H48O5/c1-21-25(19-26(36-22(2)33)20-28(21)37-23(3)34)11-10-24-9-7-15-31(6)27(24)12-13-29(31)32(17-18-32)16-8-14-30(4,5)35/h10-11,26-29,35H,1,7-9,12-20H2,2-6H3/b24-10+,25-11-/t26-,27?,28+,29?,31+/m1/s1. The van der Waals surface area contributed by atoms with E-state index in [2.05, 4.69) is 25.7 Å². The molecule has 4 saturated carbocycles. The fraction of sp³-hybridized carbons (Fsp3) is 0.750. The normalized spacial score (nSPS) is 35.4. The van der Waals surface area contributed by atoms with Crippen molar-refractivity contribution >= 4 is 11.9 Å². The van der Waals surface area contributed by atoms with Gasteiger partial charge in [0, 0.05) is 26.7 Å². The summed E-state index contributed by atoms with van der Waals surface area (Å²) in [6.45, 7) is 13.5. The zero-order valence-corrected chi connectivity index (χ0v) is 23.7. The molecule has 206 valence electrons. The average Bonchev–Trinajstić information content (AvgIpc) is 3.45. The van der Waals surface area contributed by atoms with Crippen LogP contribution in [0, 0.1) is 22.7 Å². The Morgan fingerprint density at radius 3 is 2.43 bits per heavy atom. The minimum absolute atomic E-state index is 0.303. The minimum Gasteiger partial charge on any atom is -0.462 e. The van der Waals surface area contributed by atoms with E-state index in [9.17, 15) is 14.7 Å². The molecule has 1 N–H and O–H groups in total. The Balaban J connectivity index is 1.51. The molecule has 4 aliphatic carbocycles. The Morgan fingerprint density at radius 1 is 1.11 bits per heavy atom. The Bertz CT molecular complexity index is 962. The average molecular weight is 513 g/mol. The summed E-state index contributed by atoms with van der Waals surface area (Å²) in [5.41, 5.74) is 3.64. The summed E-state index contributed by atoms with van der Waals surface area (Å²) < 4.78 is 11.0. The first kappa shape index (κ1) is 28.1. The Morgan fingerprint density at radius 2 is 1.81 bits per heavy atom. The first-order valence-electron chi connectivity index (χ1n) is 14.5. The lowest BCUT2D eigenvalue weighted by atomic mass is 9.59. The summed E-state index contributed by atoms with van der Waals surface area (Å²) in [5, 5.41) is 10.2. The number of esters is 2. The van der Waals surface area contributed by atoms with Crippen LogP contribution in [-0.2, 0) is 19.1 Å². The van der Waals surface area contributed by atoms with Crippen LogP contribution in [0.5, 0.6) is 0 Å². The van der Waals surface area contributed by atoms with Gasteiger partial charge in [0.15, 0.2) is 0 Å². The molecule has 2 unspecified atom stereocenters. The van der Waals surface area contributed by atoms with Crippen LogP contribution in [0.25, 0.3) is 0 Å². The molecule has 0 bridgehead atoms. The van der Waals surface area contributed by atoms with Crippen molar-refractivity contribution in [2.24, 2.45) is 22.7 Å². The molecule has 5 heteroatoms. The molecule has 0 amide bonds. The van der Waals surface area contributed by atoms with Crippen LogP contribution in [0.3, 0.4) is 0 Å². The maximum atomic E-state index is 11.7. The number of ether oxygens (including phenoxy) is 2. The third-order valence-electron chi connectivity index (χ3n) is 9.92. The van der Waals surface area contributed by atoms with Gasteiger partial charge in [-0.1, -0.05) is 37.6 Å². The lowest BCUT2D eigenvalue weighted by molar-refractivity contribution is -0.152. The van der Waals surface area contributed by atoms with E-state index in [0.29, 0.717) is 29.6 Å². The maximum Gasteiger partial charge on any atom is 0.303 e. The third kappa shape index (κ3) is 6.41. The second-order valence-corrected chi connectivity index (χ2v) is 13.3. The lowest BCUT2D eigenvalue weighted by Crippen LogP contribution is -2.37. The fourth-order valence-electron chi connectivity index (χ4n) is 8.13. The van der Waals surface area contributed by atoms with Crippen LogP contribution in [-0.4, -0.2) is 34.9 Å². The van der Waals surface area contributed by atoms with Crippen LogP contribution in [0.1, 0.15) is 112 Å². The molecule has 0 aromatic carbocycles. The first-order valence-corrected chi connectivity index (χ1v) is 14.5. The highest BCUT2D eigenvalue weighted by Gasteiger charge is 2.60.